The van der Waals surface area contributed by atoms with E-state index >= 15 is 0 Å². The van der Waals surface area contributed by atoms with Crippen LogP contribution in [-0.2, 0) is 9.47 Å². The molecule has 0 aromatic carbocycles. The Morgan fingerprint density at radius 3 is 2.82 bits per heavy atom. The maximum absolute atomic E-state index is 5.52. The first-order valence-electron chi connectivity index (χ1n) is 3.68. The second kappa shape index (κ2) is 3.70. The summed E-state index contributed by atoms with van der Waals surface area (Å²) in [6.45, 7) is 4.51. The summed E-state index contributed by atoms with van der Waals surface area (Å²) in [6.07, 6.45) is 4.17. The molecule has 1 aliphatic heterocycles. The standard InChI is InChI=1S/C8H13BrO2/c1-8(2)10-6-7(11-8)4-3-5-9/h3-4,7H,5-6H2,1-2H3/t7-/m1/s1. The molecule has 1 aliphatic rings. The van der Waals surface area contributed by atoms with Crippen molar-refractivity contribution in [1.82, 2.24) is 0 Å². The van der Waals surface area contributed by atoms with Crippen LogP contribution in [0.5, 0.6) is 0 Å². The number of halogens is 1. The Kier molecular flexibility index (Phi) is 3.10. The molecule has 0 N–H and O–H groups in total. The summed E-state index contributed by atoms with van der Waals surface area (Å²) in [5.41, 5.74) is 0. The Balaban J connectivity index is 2.36. The first-order chi connectivity index (χ1) is 5.14. The minimum Gasteiger partial charge on any atom is -0.347 e. The monoisotopic (exact) mass is 220 g/mol. The van der Waals surface area contributed by atoms with Gasteiger partial charge in [0, 0.05) is 5.33 Å². The first kappa shape index (κ1) is 9.23. The van der Waals surface area contributed by atoms with Gasteiger partial charge in [-0.15, -0.1) is 0 Å². The van der Waals surface area contributed by atoms with Crippen molar-refractivity contribution in [2.45, 2.75) is 25.7 Å². The zero-order valence-corrected chi connectivity index (χ0v) is 8.43. The zero-order valence-electron chi connectivity index (χ0n) is 6.84. The highest BCUT2D eigenvalue weighted by Crippen LogP contribution is 2.22. The quantitative estimate of drug-likeness (QED) is 0.525. The highest BCUT2D eigenvalue weighted by Gasteiger charge is 2.30. The molecular weight excluding hydrogens is 208 g/mol. The van der Waals surface area contributed by atoms with Gasteiger partial charge in [-0.3, -0.25) is 0 Å². The van der Waals surface area contributed by atoms with Crippen LogP contribution in [0.25, 0.3) is 0 Å². The Hall–Kier alpha value is 0.140. The summed E-state index contributed by atoms with van der Waals surface area (Å²) in [7, 11) is 0. The molecule has 0 amide bonds. The Labute approximate surface area is 75.7 Å². The van der Waals surface area contributed by atoms with Gasteiger partial charge in [-0.05, 0) is 13.8 Å². The number of ether oxygens (including phenoxy) is 2. The summed E-state index contributed by atoms with van der Waals surface area (Å²) in [6, 6.07) is 0. The van der Waals surface area contributed by atoms with Crippen molar-refractivity contribution >= 4 is 15.9 Å². The molecule has 1 heterocycles. The van der Waals surface area contributed by atoms with Crippen LogP contribution in [0.3, 0.4) is 0 Å². The van der Waals surface area contributed by atoms with Gasteiger partial charge in [-0.2, -0.15) is 0 Å². The second-order valence-corrected chi connectivity index (χ2v) is 3.60. The minimum absolute atomic E-state index is 0.127. The molecule has 64 valence electrons. The van der Waals surface area contributed by atoms with Gasteiger partial charge in [-0.25, -0.2) is 0 Å². The van der Waals surface area contributed by atoms with E-state index in [0.29, 0.717) is 6.61 Å². The van der Waals surface area contributed by atoms with E-state index in [9.17, 15) is 0 Å². The molecule has 0 radical (unpaired) electrons. The first-order valence-corrected chi connectivity index (χ1v) is 4.80. The maximum atomic E-state index is 5.52. The molecule has 0 aromatic heterocycles. The van der Waals surface area contributed by atoms with Gasteiger partial charge in [0.05, 0.1) is 6.61 Å². The summed E-state index contributed by atoms with van der Waals surface area (Å²) < 4.78 is 10.9. The fraction of sp³-hybridized carbons (Fsp3) is 0.750. The normalized spacial score (nSPS) is 29.9. The molecular formula is C8H13BrO2. The Bertz CT molecular complexity index is 154. The molecule has 11 heavy (non-hydrogen) atoms. The lowest BCUT2D eigenvalue weighted by Crippen LogP contribution is -2.20. The van der Waals surface area contributed by atoms with Crippen LogP contribution in [0.15, 0.2) is 12.2 Å². The van der Waals surface area contributed by atoms with Crippen LogP contribution in [0.2, 0.25) is 0 Å². The van der Waals surface area contributed by atoms with E-state index in [1.54, 1.807) is 0 Å². The predicted octanol–water partition coefficient (Wildman–Crippen LogP) is 2.09. The number of hydrogen-bond donors (Lipinski definition) is 0. The minimum atomic E-state index is -0.401. The maximum Gasteiger partial charge on any atom is 0.163 e. The summed E-state index contributed by atoms with van der Waals surface area (Å²) in [5, 5.41) is 0.868. The van der Waals surface area contributed by atoms with Gasteiger partial charge < -0.3 is 9.47 Å². The van der Waals surface area contributed by atoms with Crippen LogP contribution in [-0.4, -0.2) is 23.8 Å². The Morgan fingerprint density at radius 1 is 1.64 bits per heavy atom. The molecule has 3 heteroatoms. The number of hydrogen-bond acceptors (Lipinski definition) is 2. The average Bonchev–Trinajstić information content (AvgIpc) is 2.26. The van der Waals surface area contributed by atoms with Crippen molar-refractivity contribution in [3.05, 3.63) is 12.2 Å². The lowest BCUT2D eigenvalue weighted by molar-refractivity contribution is -0.133. The molecule has 1 atom stereocenters. The molecule has 1 fully saturated rings. The van der Waals surface area contributed by atoms with Crippen LogP contribution < -0.4 is 0 Å². The topological polar surface area (TPSA) is 18.5 Å². The smallest absolute Gasteiger partial charge is 0.163 e. The van der Waals surface area contributed by atoms with Crippen molar-refractivity contribution in [3.63, 3.8) is 0 Å². The lowest BCUT2D eigenvalue weighted by atomic mass is 10.3. The van der Waals surface area contributed by atoms with Crippen molar-refractivity contribution in [3.8, 4) is 0 Å². The van der Waals surface area contributed by atoms with E-state index in [-0.39, 0.29) is 6.10 Å². The highest BCUT2D eigenvalue weighted by molar-refractivity contribution is 9.09. The van der Waals surface area contributed by atoms with E-state index in [1.807, 2.05) is 26.0 Å². The molecule has 0 unspecified atom stereocenters. The van der Waals surface area contributed by atoms with Gasteiger partial charge in [0.1, 0.15) is 6.10 Å². The number of alkyl halides is 1. The van der Waals surface area contributed by atoms with Crippen molar-refractivity contribution < 1.29 is 9.47 Å². The SMILES string of the molecule is CC1(C)OC[C@@H](C=CCBr)O1. The van der Waals surface area contributed by atoms with E-state index in [1.165, 1.54) is 0 Å². The summed E-state index contributed by atoms with van der Waals surface area (Å²) in [4.78, 5) is 0. The second-order valence-electron chi connectivity index (χ2n) is 2.95. The predicted molar refractivity (Wildman–Crippen MR) is 47.8 cm³/mol. The molecule has 0 saturated carbocycles. The average molecular weight is 221 g/mol. The fourth-order valence-electron chi connectivity index (χ4n) is 1.01. The third-order valence-corrected chi connectivity index (χ3v) is 1.84. The lowest BCUT2D eigenvalue weighted by Gasteiger charge is -2.15. The van der Waals surface area contributed by atoms with Gasteiger partial charge in [0.2, 0.25) is 0 Å². The van der Waals surface area contributed by atoms with Gasteiger partial charge in [-0.1, -0.05) is 28.1 Å². The van der Waals surface area contributed by atoms with Crippen LogP contribution in [0.1, 0.15) is 13.8 Å². The van der Waals surface area contributed by atoms with E-state index in [4.69, 9.17) is 9.47 Å². The molecule has 0 aromatic rings. The van der Waals surface area contributed by atoms with E-state index in [2.05, 4.69) is 15.9 Å². The fourth-order valence-corrected chi connectivity index (χ4v) is 1.23. The molecule has 0 aliphatic carbocycles. The van der Waals surface area contributed by atoms with Crippen LogP contribution in [0.4, 0.5) is 0 Å². The van der Waals surface area contributed by atoms with E-state index < -0.39 is 5.79 Å². The number of allylic oxidation sites excluding steroid dienone is 1. The summed E-state index contributed by atoms with van der Waals surface area (Å²) >= 11 is 3.30. The van der Waals surface area contributed by atoms with Gasteiger partial charge in [0.25, 0.3) is 0 Å². The third-order valence-electron chi connectivity index (χ3n) is 1.47. The van der Waals surface area contributed by atoms with Crippen molar-refractivity contribution in [1.29, 1.82) is 0 Å². The molecule has 2 nitrogen and oxygen atoms in total. The zero-order chi connectivity index (χ0) is 8.32. The number of rotatable bonds is 2. The largest absolute Gasteiger partial charge is 0.347 e. The van der Waals surface area contributed by atoms with Gasteiger partial charge >= 0.3 is 0 Å². The molecule has 0 bridgehead atoms. The van der Waals surface area contributed by atoms with Crippen molar-refractivity contribution in [2.75, 3.05) is 11.9 Å². The van der Waals surface area contributed by atoms with Crippen LogP contribution in [0, 0.1) is 0 Å². The van der Waals surface area contributed by atoms with Gasteiger partial charge in [0.15, 0.2) is 5.79 Å². The molecule has 1 rings (SSSR count). The summed E-state index contributed by atoms with van der Waals surface area (Å²) in [5.74, 6) is -0.401. The third kappa shape index (κ3) is 2.93. The molecule has 1 saturated heterocycles. The van der Waals surface area contributed by atoms with Crippen LogP contribution >= 0.6 is 15.9 Å². The molecule has 0 spiro atoms. The Morgan fingerprint density at radius 2 is 2.36 bits per heavy atom. The van der Waals surface area contributed by atoms with Crippen molar-refractivity contribution in [2.24, 2.45) is 0 Å². The highest BCUT2D eigenvalue weighted by atomic mass is 79.9. The van der Waals surface area contributed by atoms with E-state index in [0.717, 1.165) is 5.33 Å².